The first-order valence-electron chi connectivity index (χ1n) is 7.49. The van der Waals surface area contributed by atoms with Crippen molar-refractivity contribution in [2.75, 3.05) is 0 Å². The Labute approximate surface area is 178 Å². The van der Waals surface area contributed by atoms with E-state index in [1.54, 1.807) is 36.8 Å². The minimum absolute atomic E-state index is 0. The minimum atomic E-state index is -0.286. The van der Waals surface area contributed by atoms with Crippen LogP contribution in [0.3, 0.4) is 0 Å². The van der Waals surface area contributed by atoms with Crippen LogP contribution in [0.1, 0.15) is 17.2 Å². The zero-order valence-electron chi connectivity index (χ0n) is 13.4. The van der Waals surface area contributed by atoms with Gasteiger partial charge in [-0.05, 0) is 29.8 Å². The molecule has 0 aliphatic heterocycles. The van der Waals surface area contributed by atoms with Crippen LogP contribution in [0.5, 0.6) is 0 Å². The average molecular weight is 453 g/mol. The number of hydrogen-bond acceptors (Lipinski definition) is 2. The predicted molar refractivity (Wildman–Crippen MR) is 110 cm³/mol. The average Bonchev–Trinajstić information content (AvgIpc) is 3.06. The van der Waals surface area contributed by atoms with Crippen molar-refractivity contribution >= 4 is 58.8 Å². The van der Waals surface area contributed by atoms with Crippen molar-refractivity contribution in [3.05, 3.63) is 86.3 Å². The molecule has 0 radical (unpaired) electrons. The van der Waals surface area contributed by atoms with E-state index in [4.69, 9.17) is 51.1 Å². The van der Waals surface area contributed by atoms with Crippen molar-refractivity contribution in [1.29, 1.82) is 0 Å². The highest BCUT2D eigenvalue weighted by Crippen LogP contribution is 2.31. The molecule has 3 aromatic rings. The lowest BCUT2D eigenvalue weighted by Crippen LogP contribution is -2.12. The highest BCUT2D eigenvalue weighted by molar-refractivity contribution is 6.35. The van der Waals surface area contributed by atoms with E-state index in [1.807, 2.05) is 22.9 Å². The second-order valence-electron chi connectivity index (χ2n) is 5.46. The normalized spacial score (nSPS) is 11.8. The molecule has 0 aliphatic carbocycles. The molecule has 0 saturated heterocycles. The lowest BCUT2D eigenvalue weighted by molar-refractivity contribution is 0.0281. The summed E-state index contributed by atoms with van der Waals surface area (Å²) >= 11 is 24.5. The predicted octanol–water partition coefficient (Wildman–Crippen LogP) is 6.88. The molecule has 0 fully saturated rings. The third-order valence-corrected chi connectivity index (χ3v) is 4.85. The van der Waals surface area contributed by atoms with Gasteiger partial charge in [-0.15, -0.1) is 12.4 Å². The molecule has 0 aliphatic rings. The Morgan fingerprint density at radius 1 is 0.962 bits per heavy atom. The topological polar surface area (TPSA) is 27.1 Å². The summed E-state index contributed by atoms with van der Waals surface area (Å²) in [6.45, 7) is 0.890. The number of rotatable bonds is 6. The Kier molecular flexibility index (Phi) is 8.08. The van der Waals surface area contributed by atoms with Gasteiger partial charge < -0.3 is 9.30 Å². The SMILES string of the molecule is Cl.Clc1ccc(CO[C@@H](Cn2ccnc2)c2ccc(Cl)cc2Cl)c(Cl)c1. The molecule has 0 bridgehead atoms. The number of imidazole rings is 1. The van der Waals surface area contributed by atoms with Crippen LogP contribution >= 0.6 is 58.8 Å². The van der Waals surface area contributed by atoms with E-state index >= 15 is 0 Å². The summed E-state index contributed by atoms with van der Waals surface area (Å²) < 4.78 is 8.05. The van der Waals surface area contributed by atoms with E-state index in [0.29, 0.717) is 33.2 Å². The maximum absolute atomic E-state index is 6.37. The number of hydrogen-bond donors (Lipinski definition) is 0. The van der Waals surface area contributed by atoms with Crippen LogP contribution in [0, 0.1) is 0 Å². The maximum Gasteiger partial charge on any atom is 0.102 e. The number of nitrogens with zero attached hydrogens (tertiary/aromatic N) is 2. The molecule has 1 aromatic heterocycles. The summed E-state index contributed by atoms with van der Waals surface area (Å²) in [7, 11) is 0. The number of halogens is 5. The van der Waals surface area contributed by atoms with E-state index in [-0.39, 0.29) is 18.5 Å². The zero-order chi connectivity index (χ0) is 17.8. The molecule has 0 amide bonds. The summed E-state index contributed by atoms with van der Waals surface area (Å²) in [4.78, 5) is 4.07. The standard InChI is InChI=1S/C18H14Cl4N2O.ClH/c19-13-2-1-12(16(21)7-13)10-25-18(9-24-6-5-23-11-24)15-4-3-14(20)8-17(15)22;/h1-8,11,18H,9-10H2;1H/t18-;/m0./s1. The molecule has 3 nitrogen and oxygen atoms in total. The molecule has 138 valence electrons. The zero-order valence-corrected chi connectivity index (χ0v) is 17.3. The summed E-state index contributed by atoms with van der Waals surface area (Å²) in [6, 6.07) is 10.7. The van der Waals surface area contributed by atoms with Crippen LogP contribution in [0.4, 0.5) is 0 Å². The molecule has 1 heterocycles. The van der Waals surface area contributed by atoms with Crippen molar-refractivity contribution < 1.29 is 4.74 Å². The molecule has 1 atom stereocenters. The molecule has 0 saturated carbocycles. The molecular formula is C18H15Cl5N2O. The van der Waals surface area contributed by atoms with Crippen LogP contribution < -0.4 is 0 Å². The third-order valence-electron chi connectivity index (χ3n) is 3.70. The summed E-state index contributed by atoms with van der Waals surface area (Å²) in [5.41, 5.74) is 1.71. The molecule has 8 heteroatoms. The Bertz CT molecular complexity index is 855. The van der Waals surface area contributed by atoms with Gasteiger partial charge in [0.2, 0.25) is 0 Å². The lowest BCUT2D eigenvalue weighted by atomic mass is 10.1. The maximum atomic E-state index is 6.37. The van der Waals surface area contributed by atoms with E-state index < -0.39 is 0 Å². The minimum Gasteiger partial charge on any atom is -0.367 e. The van der Waals surface area contributed by atoms with Gasteiger partial charge in [0.15, 0.2) is 0 Å². The van der Waals surface area contributed by atoms with Crippen LogP contribution in [-0.2, 0) is 17.9 Å². The summed E-state index contributed by atoms with van der Waals surface area (Å²) in [6.07, 6.45) is 5.03. The smallest absolute Gasteiger partial charge is 0.102 e. The van der Waals surface area contributed by atoms with E-state index in [9.17, 15) is 0 Å². The van der Waals surface area contributed by atoms with Crippen LogP contribution in [-0.4, -0.2) is 9.55 Å². The molecule has 26 heavy (non-hydrogen) atoms. The molecule has 2 aromatic carbocycles. The van der Waals surface area contributed by atoms with E-state index in [1.165, 1.54) is 0 Å². The second kappa shape index (κ2) is 9.84. The van der Waals surface area contributed by atoms with E-state index in [2.05, 4.69) is 4.98 Å². The number of aromatic nitrogens is 2. The van der Waals surface area contributed by atoms with Gasteiger partial charge in [-0.1, -0.05) is 58.5 Å². The molecule has 3 rings (SSSR count). The fourth-order valence-corrected chi connectivity index (χ4v) is 3.41. The van der Waals surface area contributed by atoms with Crippen LogP contribution in [0.2, 0.25) is 20.1 Å². The Morgan fingerprint density at radius 3 is 2.27 bits per heavy atom. The van der Waals surface area contributed by atoms with Crippen LogP contribution in [0.25, 0.3) is 0 Å². The van der Waals surface area contributed by atoms with Gasteiger partial charge in [0.05, 0.1) is 19.5 Å². The third kappa shape index (κ3) is 5.53. The van der Waals surface area contributed by atoms with Crippen molar-refractivity contribution in [3.8, 4) is 0 Å². The van der Waals surface area contributed by atoms with Gasteiger partial charge in [0.1, 0.15) is 6.10 Å². The first kappa shape index (κ1) is 21.4. The van der Waals surface area contributed by atoms with Crippen molar-refractivity contribution in [2.24, 2.45) is 0 Å². The van der Waals surface area contributed by atoms with Gasteiger partial charge in [-0.3, -0.25) is 0 Å². The first-order chi connectivity index (χ1) is 12.0. The molecule has 0 N–H and O–H groups in total. The van der Waals surface area contributed by atoms with Crippen molar-refractivity contribution in [1.82, 2.24) is 9.55 Å². The molecule has 0 spiro atoms. The summed E-state index contributed by atoms with van der Waals surface area (Å²) in [5.74, 6) is 0. The number of ether oxygens (including phenoxy) is 1. The van der Waals surface area contributed by atoms with Crippen LogP contribution in [0.15, 0.2) is 55.1 Å². The fourth-order valence-electron chi connectivity index (χ4n) is 2.42. The van der Waals surface area contributed by atoms with Gasteiger partial charge in [0.25, 0.3) is 0 Å². The largest absolute Gasteiger partial charge is 0.367 e. The van der Waals surface area contributed by atoms with E-state index in [0.717, 1.165) is 11.1 Å². The Hall–Kier alpha value is -0.940. The first-order valence-corrected chi connectivity index (χ1v) is 9.00. The van der Waals surface area contributed by atoms with Gasteiger partial charge >= 0.3 is 0 Å². The van der Waals surface area contributed by atoms with Gasteiger partial charge in [-0.25, -0.2) is 4.98 Å². The number of benzene rings is 2. The second-order valence-corrected chi connectivity index (χ2v) is 7.15. The molecule has 0 unspecified atom stereocenters. The van der Waals surface area contributed by atoms with Crippen molar-refractivity contribution in [3.63, 3.8) is 0 Å². The lowest BCUT2D eigenvalue weighted by Gasteiger charge is -2.21. The van der Waals surface area contributed by atoms with Gasteiger partial charge in [-0.2, -0.15) is 0 Å². The van der Waals surface area contributed by atoms with Crippen molar-refractivity contribution in [2.45, 2.75) is 19.3 Å². The quantitative estimate of drug-likeness (QED) is 0.408. The highest BCUT2D eigenvalue weighted by atomic mass is 35.5. The molecular weight excluding hydrogens is 437 g/mol. The Morgan fingerprint density at radius 2 is 1.65 bits per heavy atom. The Balaban J connectivity index is 0.00000243. The van der Waals surface area contributed by atoms with Gasteiger partial charge in [0, 0.05) is 38.0 Å². The monoisotopic (exact) mass is 450 g/mol. The summed E-state index contributed by atoms with van der Waals surface area (Å²) in [5, 5.41) is 2.29. The fraction of sp³-hybridized carbons (Fsp3) is 0.167. The highest BCUT2D eigenvalue weighted by Gasteiger charge is 2.17.